The van der Waals surface area contributed by atoms with E-state index in [0.717, 1.165) is 18.7 Å². The number of fused-ring (bicyclic) bond motifs is 1. The van der Waals surface area contributed by atoms with Gasteiger partial charge in [-0.3, -0.25) is 0 Å². The lowest BCUT2D eigenvalue weighted by Gasteiger charge is -2.00. The van der Waals surface area contributed by atoms with E-state index < -0.39 is 0 Å². The predicted molar refractivity (Wildman–Crippen MR) is 75.9 cm³/mol. The Kier molecular flexibility index (Phi) is 3.13. The first kappa shape index (κ1) is 11.4. The van der Waals surface area contributed by atoms with Gasteiger partial charge in [0.15, 0.2) is 0 Å². The molecule has 0 aliphatic rings. The monoisotopic (exact) mass is 257 g/mol. The van der Waals surface area contributed by atoms with Crippen molar-refractivity contribution in [2.24, 2.45) is 5.73 Å². The van der Waals surface area contributed by atoms with Gasteiger partial charge in [0, 0.05) is 23.9 Å². The summed E-state index contributed by atoms with van der Waals surface area (Å²) < 4.78 is 3.47. The predicted octanol–water partition coefficient (Wildman–Crippen LogP) is 2.65. The summed E-state index contributed by atoms with van der Waals surface area (Å²) in [4.78, 5) is 4.35. The molecular weight excluding hydrogens is 242 g/mol. The van der Waals surface area contributed by atoms with Crippen LogP contribution in [0.1, 0.15) is 11.3 Å². The number of aromatic nitrogens is 2. The highest BCUT2D eigenvalue weighted by Crippen LogP contribution is 2.26. The quantitative estimate of drug-likeness (QED) is 0.781. The van der Waals surface area contributed by atoms with Gasteiger partial charge in [0.25, 0.3) is 0 Å². The zero-order valence-electron chi connectivity index (χ0n) is 10.0. The average molecular weight is 257 g/mol. The molecule has 0 bridgehead atoms. The molecule has 18 heavy (non-hydrogen) atoms. The van der Waals surface area contributed by atoms with Crippen molar-refractivity contribution >= 4 is 21.4 Å². The molecule has 4 heteroatoms. The third-order valence-corrected chi connectivity index (χ3v) is 4.01. The average Bonchev–Trinajstić information content (AvgIpc) is 2.99. The zero-order chi connectivity index (χ0) is 12.4. The molecule has 0 aliphatic heterocycles. The van der Waals surface area contributed by atoms with E-state index in [9.17, 15) is 0 Å². The molecule has 0 unspecified atom stereocenters. The molecule has 2 aromatic heterocycles. The highest BCUT2D eigenvalue weighted by Gasteiger charge is 2.04. The Balaban J connectivity index is 1.87. The van der Waals surface area contributed by atoms with Crippen LogP contribution in [0.3, 0.4) is 0 Å². The molecule has 92 valence electrons. The first-order chi connectivity index (χ1) is 8.86. The minimum atomic E-state index is 0.651. The maximum absolute atomic E-state index is 5.53. The third kappa shape index (κ3) is 2.17. The number of imidazole rings is 1. The lowest BCUT2D eigenvalue weighted by molar-refractivity contribution is 0.803. The van der Waals surface area contributed by atoms with Gasteiger partial charge in [-0.15, -0.1) is 11.3 Å². The van der Waals surface area contributed by atoms with E-state index in [1.807, 2.05) is 6.33 Å². The fourth-order valence-electron chi connectivity index (χ4n) is 2.12. The molecule has 3 aromatic rings. The molecule has 0 saturated heterocycles. The molecule has 2 heterocycles. The van der Waals surface area contributed by atoms with Gasteiger partial charge in [-0.05, 0) is 28.9 Å². The second-order valence-corrected chi connectivity index (χ2v) is 5.24. The molecule has 0 spiro atoms. The van der Waals surface area contributed by atoms with Gasteiger partial charge >= 0.3 is 0 Å². The van der Waals surface area contributed by atoms with Gasteiger partial charge < -0.3 is 10.3 Å². The molecule has 0 atom stereocenters. The number of nitrogens with zero attached hydrogens (tertiary/aromatic N) is 2. The molecule has 1 aromatic carbocycles. The summed E-state index contributed by atoms with van der Waals surface area (Å²) in [6.45, 7) is 1.53. The molecule has 0 fully saturated rings. The Morgan fingerprint density at radius 1 is 1.28 bits per heavy atom. The summed E-state index contributed by atoms with van der Waals surface area (Å²) in [6, 6.07) is 8.52. The minimum absolute atomic E-state index is 0.651. The van der Waals surface area contributed by atoms with Gasteiger partial charge in [-0.2, -0.15) is 0 Å². The summed E-state index contributed by atoms with van der Waals surface area (Å²) in [5, 5.41) is 3.57. The van der Waals surface area contributed by atoms with Crippen molar-refractivity contribution in [1.29, 1.82) is 0 Å². The van der Waals surface area contributed by atoms with Crippen LogP contribution in [0.25, 0.3) is 10.1 Å². The number of benzene rings is 1. The minimum Gasteiger partial charge on any atom is -0.333 e. The zero-order valence-corrected chi connectivity index (χ0v) is 10.9. The van der Waals surface area contributed by atoms with Crippen molar-refractivity contribution < 1.29 is 0 Å². The first-order valence-corrected chi connectivity index (χ1v) is 6.90. The van der Waals surface area contributed by atoms with Crippen molar-refractivity contribution in [1.82, 2.24) is 9.55 Å². The van der Waals surface area contributed by atoms with Crippen LogP contribution in [0.4, 0.5) is 0 Å². The van der Waals surface area contributed by atoms with E-state index in [4.69, 9.17) is 5.73 Å². The number of hydrogen-bond acceptors (Lipinski definition) is 3. The normalized spacial score (nSPS) is 11.2. The summed E-state index contributed by atoms with van der Waals surface area (Å²) in [5.41, 5.74) is 7.95. The maximum Gasteiger partial charge on any atom is 0.0952 e. The van der Waals surface area contributed by atoms with Crippen LogP contribution in [-0.4, -0.2) is 16.1 Å². The molecule has 3 rings (SSSR count). The highest BCUT2D eigenvalue weighted by molar-refractivity contribution is 7.17. The number of rotatable bonds is 4. The second-order valence-electron chi connectivity index (χ2n) is 4.33. The van der Waals surface area contributed by atoms with Crippen molar-refractivity contribution in [3.8, 4) is 0 Å². The standard InChI is InChI=1S/C14H15N3S/c15-6-5-12-8-17(10-16-12)7-11-9-18-14-4-2-1-3-13(11)14/h1-4,8-10H,5-7,15H2. The topological polar surface area (TPSA) is 43.8 Å². The van der Waals surface area contributed by atoms with Gasteiger partial charge in [-0.1, -0.05) is 18.2 Å². The van der Waals surface area contributed by atoms with Crippen molar-refractivity contribution in [3.63, 3.8) is 0 Å². The Morgan fingerprint density at radius 2 is 2.17 bits per heavy atom. The fourth-order valence-corrected chi connectivity index (χ4v) is 3.08. The Bertz CT molecular complexity index is 654. The summed E-state index contributed by atoms with van der Waals surface area (Å²) in [7, 11) is 0. The van der Waals surface area contributed by atoms with Crippen molar-refractivity contribution in [3.05, 3.63) is 53.4 Å². The third-order valence-electron chi connectivity index (χ3n) is 3.00. The van der Waals surface area contributed by atoms with E-state index in [0.29, 0.717) is 6.54 Å². The van der Waals surface area contributed by atoms with Gasteiger partial charge in [0.2, 0.25) is 0 Å². The fraction of sp³-hybridized carbons (Fsp3) is 0.214. The van der Waals surface area contributed by atoms with E-state index in [1.54, 1.807) is 11.3 Å². The van der Waals surface area contributed by atoms with Crippen LogP contribution in [0.5, 0.6) is 0 Å². The Hall–Kier alpha value is -1.65. The first-order valence-electron chi connectivity index (χ1n) is 6.02. The second kappa shape index (κ2) is 4.92. The lowest BCUT2D eigenvalue weighted by atomic mass is 10.2. The largest absolute Gasteiger partial charge is 0.333 e. The van der Waals surface area contributed by atoms with E-state index in [-0.39, 0.29) is 0 Å². The molecule has 2 N–H and O–H groups in total. The molecule has 0 saturated carbocycles. The van der Waals surface area contributed by atoms with Crippen LogP contribution >= 0.6 is 11.3 Å². The van der Waals surface area contributed by atoms with Crippen LogP contribution in [-0.2, 0) is 13.0 Å². The van der Waals surface area contributed by atoms with Crippen molar-refractivity contribution in [2.75, 3.05) is 6.54 Å². The Labute approximate surface area is 110 Å². The van der Waals surface area contributed by atoms with Crippen LogP contribution in [0, 0.1) is 0 Å². The van der Waals surface area contributed by atoms with Gasteiger partial charge in [0.1, 0.15) is 0 Å². The van der Waals surface area contributed by atoms with Crippen LogP contribution in [0.15, 0.2) is 42.2 Å². The smallest absolute Gasteiger partial charge is 0.0952 e. The molecule has 0 amide bonds. The summed E-state index contributed by atoms with van der Waals surface area (Å²) in [5.74, 6) is 0. The maximum atomic E-state index is 5.53. The molecule has 0 radical (unpaired) electrons. The number of hydrogen-bond donors (Lipinski definition) is 1. The Morgan fingerprint density at radius 3 is 3.06 bits per heavy atom. The van der Waals surface area contributed by atoms with Gasteiger partial charge in [-0.25, -0.2) is 4.98 Å². The molecule has 3 nitrogen and oxygen atoms in total. The van der Waals surface area contributed by atoms with Crippen LogP contribution in [0.2, 0.25) is 0 Å². The number of thiophene rings is 1. The number of nitrogens with two attached hydrogens (primary N) is 1. The SMILES string of the molecule is NCCc1cn(Cc2csc3ccccc23)cn1. The lowest BCUT2D eigenvalue weighted by Crippen LogP contribution is -2.02. The summed E-state index contributed by atoms with van der Waals surface area (Å²) in [6.07, 6.45) is 4.81. The van der Waals surface area contributed by atoms with Gasteiger partial charge in [0.05, 0.1) is 12.0 Å². The van der Waals surface area contributed by atoms with E-state index in [1.165, 1.54) is 15.6 Å². The molecule has 0 aliphatic carbocycles. The van der Waals surface area contributed by atoms with Crippen molar-refractivity contribution in [2.45, 2.75) is 13.0 Å². The van der Waals surface area contributed by atoms with Crippen LogP contribution < -0.4 is 5.73 Å². The van der Waals surface area contributed by atoms with E-state index >= 15 is 0 Å². The summed E-state index contributed by atoms with van der Waals surface area (Å²) >= 11 is 1.80. The highest BCUT2D eigenvalue weighted by atomic mass is 32.1. The van der Waals surface area contributed by atoms with E-state index in [2.05, 4.69) is 45.4 Å². The molecular formula is C14H15N3S.